The minimum absolute atomic E-state index is 0.198. The Hall–Kier alpha value is -2.08. The first-order valence-electron chi connectivity index (χ1n) is 8.77. The molecule has 2 aliphatic rings. The fourth-order valence-electron chi connectivity index (χ4n) is 3.42. The lowest BCUT2D eigenvalue weighted by atomic mass is 10.1. The molecule has 1 saturated carbocycles. The fourth-order valence-corrected chi connectivity index (χ4v) is 3.42. The van der Waals surface area contributed by atoms with Crippen LogP contribution in [0.15, 0.2) is 35.3 Å². The van der Waals surface area contributed by atoms with Crippen LogP contribution < -0.4 is 5.32 Å². The van der Waals surface area contributed by atoms with Crippen LogP contribution in [0.1, 0.15) is 30.5 Å². The van der Waals surface area contributed by atoms with Crippen molar-refractivity contribution in [2.75, 3.05) is 13.1 Å². The molecule has 24 heavy (non-hydrogen) atoms. The number of hydrogen-bond donors (Lipinski definition) is 1. The molecule has 2 aromatic rings. The summed E-state index contributed by atoms with van der Waals surface area (Å²) in [5.41, 5.74) is 2.41. The molecule has 0 aromatic carbocycles. The molecule has 1 aliphatic heterocycles. The highest BCUT2D eigenvalue weighted by Gasteiger charge is 2.26. The van der Waals surface area contributed by atoms with Crippen LogP contribution in [0.2, 0.25) is 0 Å². The van der Waals surface area contributed by atoms with Gasteiger partial charge in [-0.2, -0.15) is 5.10 Å². The topological polar surface area (TPSA) is 63.3 Å². The van der Waals surface area contributed by atoms with Gasteiger partial charge in [-0.1, -0.05) is 0 Å². The van der Waals surface area contributed by atoms with Crippen molar-refractivity contribution in [3.8, 4) is 0 Å². The van der Waals surface area contributed by atoms with E-state index in [1.54, 1.807) is 12.5 Å². The van der Waals surface area contributed by atoms with E-state index in [1.807, 2.05) is 12.3 Å². The second-order valence-corrected chi connectivity index (χ2v) is 7.12. The van der Waals surface area contributed by atoms with Crippen LogP contribution in [0, 0.1) is 11.8 Å². The van der Waals surface area contributed by atoms with Crippen molar-refractivity contribution in [3.05, 3.63) is 42.1 Å². The molecule has 6 nitrogen and oxygen atoms in total. The van der Waals surface area contributed by atoms with E-state index in [1.165, 1.54) is 24.1 Å². The van der Waals surface area contributed by atoms with Gasteiger partial charge in [-0.05, 0) is 30.9 Å². The zero-order valence-corrected chi connectivity index (χ0v) is 13.9. The maximum Gasteiger partial charge on any atom is 0.220 e. The van der Waals surface area contributed by atoms with E-state index in [0.717, 1.165) is 26.2 Å². The molecule has 0 spiro atoms. The molecular formula is C18H24N4O2. The van der Waals surface area contributed by atoms with Crippen LogP contribution in [-0.4, -0.2) is 33.7 Å². The first kappa shape index (κ1) is 15.4. The first-order valence-corrected chi connectivity index (χ1v) is 8.77. The summed E-state index contributed by atoms with van der Waals surface area (Å²) in [4.78, 5) is 14.4. The molecule has 0 unspecified atom stereocenters. The number of amides is 1. The molecular weight excluding hydrogens is 304 g/mol. The zero-order valence-electron chi connectivity index (χ0n) is 13.9. The SMILES string of the molecule is O=C(CC1CC1)NC[C@@H]1CN(Cc2ccoc2)Cc2ccnn2C1. The maximum absolute atomic E-state index is 12.0. The molecule has 1 atom stereocenters. The van der Waals surface area contributed by atoms with E-state index in [9.17, 15) is 4.79 Å². The van der Waals surface area contributed by atoms with Crippen LogP contribution in [-0.2, 0) is 24.4 Å². The average molecular weight is 328 g/mol. The minimum Gasteiger partial charge on any atom is -0.472 e. The van der Waals surface area contributed by atoms with Gasteiger partial charge in [0.15, 0.2) is 0 Å². The van der Waals surface area contributed by atoms with E-state index < -0.39 is 0 Å². The lowest BCUT2D eigenvalue weighted by molar-refractivity contribution is -0.121. The second-order valence-electron chi connectivity index (χ2n) is 7.12. The van der Waals surface area contributed by atoms with Crippen molar-refractivity contribution in [3.63, 3.8) is 0 Å². The number of rotatable bonds is 6. The van der Waals surface area contributed by atoms with Crippen molar-refractivity contribution in [2.45, 2.75) is 38.9 Å². The molecule has 128 valence electrons. The molecule has 0 saturated heterocycles. The Labute approximate surface area is 141 Å². The number of hydrogen-bond acceptors (Lipinski definition) is 4. The molecule has 4 rings (SSSR count). The summed E-state index contributed by atoms with van der Waals surface area (Å²) in [6.45, 7) is 4.24. The van der Waals surface area contributed by atoms with Gasteiger partial charge < -0.3 is 9.73 Å². The van der Waals surface area contributed by atoms with Crippen molar-refractivity contribution >= 4 is 5.91 Å². The number of nitrogens with zero attached hydrogens (tertiary/aromatic N) is 3. The number of aromatic nitrogens is 2. The fraction of sp³-hybridized carbons (Fsp3) is 0.556. The highest BCUT2D eigenvalue weighted by atomic mass is 16.3. The quantitative estimate of drug-likeness (QED) is 0.881. The van der Waals surface area contributed by atoms with Crippen LogP contribution >= 0.6 is 0 Å². The first-order chi connectivity index (χ1) is 11.8. The molecule has 1 amide bonds. The standard InChI is InChI=1S/C18H24N4O2/c23-18(7-14-1-2-14)19-8-16-10-21(9-15-4-6-24-13-15)12-17-3-5-20-22(17)11-16/h3-6,13-14,16H,1-2,7-12H2,(H,19,23)/t16-/m1/s1. The third-order valence-electron chi connectivity index (χ3n) is 4.88. The molecule has 2 aromatic heterocycles. The number of carbonyl (C=O) groups is 1. The van der Waals surface area contributed by atoms with Crippen molar-refractivity contribution in [1.82, 2.24) is 20.0 Å². The molecule has 0 radical (unpaired) electrons. The normalized spacial score (nSPS) is 21.2. The summed E-state index contributed by atoms with van der Waals surface area (Å²) in [6, 6.07) is 4.09. The van der Waals surface area contributed by atoms with Crippen LogP contribution in [0.25, 0.3) is 0 Å². The predicted molar refractivity (Wildman–Crippen MR) is 88.9 cm³/mol. The third kappa shape index (κ3) is 3.87. The monoisotopic (exact) mass is 328 g/mol. The Kier molecular flexibility index (Phi) is 4.38. The smallest absolute Gasteiger partial charge is 0.220 e. The third-order valence-corrected chi connectivity index (χ3v) is 4.88. The summed E-state index contributed by atoms with van der Waals surface area (Å²) >= 11 is 0. The van der Waals surface area contributed by atoms with Gasteiger partial charge >= 0.3 is 0 Å². The Morgan fingerprint density at radius 2 is 2.21 bits per heavy atom. The molecule has 6 heteroatoms. The maximum atomic E-state index is 12.0. The van der Waals surface area contributed by atoms with Crippen LogP contribution in [0.5, 0.6) is 0 Å². The van der Waals surface area contributed by atoms with Gasteiger partial charge in [0, 0.05) is 56.8 Å². The Morgan fingerprint density at radius 1 is 1.29 bits per heavy atom. The van der Waals surface area contributed by atoms with Crippen molar-refractivity contribution < 1.29 is 9.21 Å². The van der Waals surface area contributed by atoms with Gasteiger partial charge in [0.1, 0.15) is 0 Å². The summed E-state index contributed by atoms with van der Waals surface area (Å²) in [6.07, 6.45) is 8.50. The lowest BCUT2D eigenvalue weighted by Gasteiger charge is -2.23. The van der Waals surface area contributed by atoms with Crippen molar-refractivity contribution in [2.24, 2.45) is 11.8 Å². The molecule has 1 aliphatic carbocycles. The Bertz CT molecular complexity index is 675. The van der Waals surface area contributed by atoms with Gasteiger partial charge in [0.05, 0.1) is 18.2 Å². The summed E-state index contributed by atoms with van der Waals surface area (Å²) in [5.74, 6) is 1.19. The van der Waals surface area contributed by atoms with Gasteiger partial charge in [-0.3, -0.25) is 14.4 Å². The summed E-state index contributed by atoms with van der Waals surface area (Å²) < 4.78 is 7.27. The molecule has 1 fully saturated rings. The van der Waals surface area contributed by atoms with Gasteiger partial charge in [-0.15, -0.1) is 0 Å². The summed E-state index contributed by atoms with van der Waals surface area (Å²) in [5, 5.41) is 7.57. The van der Waals surface area contributed by atoms with Gasteiger partial charge in [-0.25, -0.2) is 0 Å². The Morgan fingerprint density at radius 3 is 3.00 bits per heavy atom. The van der Waals surface area contributed by atoms with Crippen molar-refractivity contribution in [1.29, 1.82) is 0 Å². The second kappa shape index (κ2) is 6.81. The van der Waals surface area contributed by atoms with Gasteiger partial charge in [0.2, 0.25) is 5.91 Å². The number of nitrogens with one attached hydrogen (secondary N) is 1. The molecule has 3 heterocycles. The minimum atomic E-state index is 0.198. The highest BCUT2D eigenvalue weighted by molar-refractivity contribution is 5.76. The largest absolute Gasteiger partial charge is 0.472 e. The zero-order chi connectivity index (χ0) is 16.4. The predicted octanol–water partition coefficient (Wildman–Crippen LogP) is 2.02. The van der Waals surface area contributed by atoms with Crippen LogP contribution in [0.4, 0.5) is 0 Å². The van der Waals surface area contributed by atoms with E-state index in [2.05, 4.69) is 26.1 Å². The molecule has 1 N–H and O–H groups in total. The lowest BCUT2D eigenvalue weighted by Crippen LogP contribution is -2.36. The molecule has 0 bridgehead atoms. The highest BCUT2D eigenvalue weighted by Crippen LogP contribution is 2.32. The van der Waals surface area contributed by atoms with Gasteiger partial charge in [0.25, 0.3) is 0 Å². The number of carbonyl (C=O) groups excluding carboxylic acids is 1. The van der Waals surface area contributed by atoms with E-state index in [-0.39, 0.29) is 5.91 Å². The summed E-state index contributed by atoms with van der Waals surface area (Å²) in [7, 11) is 0. The Balaban J connectivity index is 1.39. The van der Waals surface area contributed by atoms with E-state index in [0.29, 0.717) is 24.8 Å². The van der Waals surface area contributed by atoms with E-state index >= 15 is 0 Å². The number of fused-ring (bicyclic) bond motifs is 1. The average Bonchev–Trinajstić information content (AvgIpc) is 3.08. The van der Waals surface area contributed by atoms with Crippen LogP contribution in [0.3, 0.4) is 0 Å². The number of furan rings is 1. The van der Waals surface area contributed by atoms with E-state index in [4.69, 9.17) is 4.42 Å².